The molecule has 0 aliphatic heterocycles. The molecular weight excluding hydrogens is 296 g/mol. The van der Waals surface area contributed by atoms with E-state index in [9.17, 15) is 8.42 Å². The molecular formula is C12H16N4O2S2. The molecule has 2 rings (SSSR count). The van der Waals surface area contributed by atoms with Crippen LogP contribution in [0, 0.1) is 6.92 Å². The van der Waals surface area contributed by atoms with Gasteiger partial charge in [-0.05, 0) is 37.7 Å². The topological polar surface area (TPSA) is 84.0 Å². The quantitative estimate of drug-likeness (QED) is 0.833. The summed E-state index contributed by atoms with van der Waals surface area (Å²) < 4.78 is 27.3. The predicted molar refractivity (Wildman–Crippen MR) is 77.9 cm³/mol. The van der Waals surface area contributed by atoms with Gasteiger partial charge in [0.2, 0.25) is 10.0 Å². The van der Waals surface area contributed by atoms with Crippen LogP contribution in [0.15, 0.2) is 28.6 Å². The first-order valence-corrected chi connectivity index (χ1v) is 8.33. The Hall–Kier alpha value is -1.35. The number of thiophene rings is 1. The van der Waals surface area contributed by atoms with E-state index in [1.54, 1.807) is 24.4 Å². The SMILES string of the molecule is CNCc1sc(S(=O)(=O)NCc2cccnn2)cc1C. The molecule has 0 bridgehead atoms. The van der Waals surface area contributed by atoms with Gasteiger partial charge in [0, 0.05) is 17.6 Å². The van der Waals surface area contributed by atoms with Gasteiger partial charge in [-0.2, -0.15) is 10.2 Å². The Bertz CT molecular complexity index is 668. The molecule has 2 heterocycles. The smallest absolute Gasteiger partial charge is 0.250 e. The van der Waals surface area contributed by atoms with Crippen LogP contribution >= 0.6 is 11.3 Å². The zero-order valence-electron chi connectivity index (χ0n) is 11.3. The van der Waals surface area contributed by atoms with Crippen LogP contribution in [0.5, 0.6) is 0 Å². The molecule has 0 saturated heterocycles. The lowest BCUT2D eigenvalue weighted by atomic mass is 10.3. The second kappa shape index (κ2) is 6.40. The monoisotopic (exact) mass is 312 g/mol. The van der Waals surface area contributed by atoms with Crippen LogP contribution in [0.1, 0.15) is 16.1 Å². The van der Waals surface area contributed by atoms with Crippen molar-refractivity contribution in [3.8, 4) is 0 Å². The van der Waals surface area contributed by atoms with Gasteiger partial charge in [-0.3, -0.25) is 0 Å². The zero-order chi connectivity index (χ0) is 14.6. The molecule has 2 N–H and O–H groups in total. The summed E-state index contributed by atoms with van der Waals surface area (Å²) in [6, 6.07) is 5.13. The van der Waals surface area contributed by atoms with E-state index < -0.39 is 10.0 Å². The van der Waals surface area contributed by atoms with Crippen molar-refractivity contribution in [1.29, 1.82) is 0 Å². The largest absolute Gasteiger partial charge is 0.315 e. The normalized spacial score (nSPS) is 11.7. The highest BCUT2D eigenvalue weighted by Crippen LogP contribution is 2.25. The van der Waals surface area contributed by atoms with Gasteiger partial charge in [0.1, 0.15) is 4.21 Å². The van der Waals surface area contributed by atoms with E-state index in [0.29, 0.717) is 16.4 Å². The summed E-state index contributed by atoms with van der Waals surface area (Å²) in [5.41, 5.74) is 1.56. The van der Waals surface area contributed by atoms with Crippen molar-refractivity contribution < 1.29 is 8.42 Å². The van der Waals surface area contributed by atoms with E-state index in [-0.39, 0.29) is 6.54 Å². The fourth-order valence-corrected chi connectivity index (χ4v) is 4.27. The van der Waals surface area contributed by atoms with E-state index in [4.69, 9.17) is 0 Å². The van der Waals surface area contributed by atoms with Crippen molar-refractivity contribution in [2.75, 3.05) is 7.05 Å². The average Bonchev–Trinajstić information content (AvgIpc) is 2.81. The Morgan fingerprint density at radius 1 is 1.35 bits per heavy atom. The fourth-order valence-electron chi connectivity index (χ4n) is 1.62. The summed E-state index contributed by atoms with van der Waals surface area (Å²) in [4.78, 5) is 1.02. The molecule has 6 nitrogen and oxygen atoms in total. The van der Waals surface area contributed by atoms with Crippen LogP contribution in [0.4, 0.5) is 0 Å². The molecule has 0 amide bonds. The third kappa shape index (κ3) is 3.60. The van der Waals surface area contributed by atoms with Gasteiger partial charge in [-0.15, -0.1) is 11.3 Å². The van der Waals surface area contributed by atoms with Gasteiger partial charge in [0.25, 0.3) is 0 Å². The molecule has 0 fully saturated rings. The van der Waals surface area contributed by atoms with Gasteiger partial charge in [0.15, 0.2) is 0 Å². The molecule has 0 saturated carbocycles. The maximum absolute atomic E-state index is 12.2. The zero-order valence-corrected chi connectivity index (χ0v) is 12.9. The molecule has 108 valence electrons. The molecule has 0 aromatic carbocycles. The Labute approximate surface area is 122 Å². The predicted octanol–water partition coefficient (Wildman–Crippen LogP) is 1.04. The first-order valence-electron chi connectivity index (χ1n) is 6.03. The highest BCUT2D eigenvalue weighted by molar-refractivity contribution is 7.91. The highest BCUT2D eigenvalue weighted by atomic mass is 32.2. The van der Waals surface area contributed by atoms with Gasteiger partial charge in [-0.1, -0.05) is 0 Å². The average molecular weight is 312 g/mol. The van der Waals surface area contributed by atoms with Crippen LogP contribution in [0.25, 0.3) is 0 Å². The summed E-state index contributed by atoms with van der Waals surface area (Å²) in [7, 11) is -1.67. The van der Waals surface area contributed by atoms with Crippen molar-refractivity contribution in [3.05, 3.63) is 40.5 Å². The maximum atomic E-state index is 12.2. The lowest BCUT2D eigenvalue weighted by Crippen LogP contribution is -2.23. The molecule has 2 aromatic heterocycles. The summed E-state index contributed by atoms with van der Waals surface area (Å²) in [6.07, 6.45) is 1.55. The number of hydrogen-bond donors (Lipinski definition) is 2. The van der Waals surface area contributed by atoms with Gasteiger partial charge in [0.05, 0.1) is 12.2 Å². The van der Waals surface area contributed by atoms with E-state index in [1.807, 2.05) is 14.0 Å². The Balaban J connectivity index is 2.12. The van der Waals surface area contributed by atoms with Crippen molar-refractivity contribution in [3.63, 3.8) is 0 Å². The lowest BCUT2D eigenvalue weighted by Gasteiger charge is -2.03. The van der Waals surface area contributed by atoms with Gasteiger partial charge in [-0.25, -0.2) is 13.1 Å². The first-order chi connectivity index (χ1) is 9.53. The number of aryl methyl sites for hydroxylation is 1. The van der Waals surface area contributed by atoms with Crippen molar-refractivity contribution in [2.45, 2.75) is 24.2 Å². The molecule has 20 heavy (non-hydrogen) atoms. The summed E-state index contributed by atoms with van der Waals surface area (Å²) in [5.74, 6) is 0. The lowest BCUT2D eigenvalue weighted by molar-refractivity contribution is 0.582. The number of nitrogens with zero attached hydrogens (tertiary/aromatic N) is 2. The highest BCUT2D eigenvalue weighted by Gasteiger charge is 2.18. The fraction of sp³-hybridized carbons (Fsp3) is 0.333. The Morgan fingerprint density at radius 2 is 2.15 bits per heavy atom. The molecule has 0 atom stereocenters. The molecule has 0 aliphatic rings. The minimum absolute atomic E-state index is 0.133. The second-order valence-corrected chi connectivity index (χ2v) is 7.37. The third-order valence-electron chi connectivity index (χ3n) is 2.67. The number of sulfonamides is 1. The minimum Gasteiger partial charge on any atom is -0.315 e. The van der Waals surface area contributed by atoms with E-state index in [0.717, 1.165) is 10.4 Å². The van der Waals surface area contributed by atoms with Crippen molar-refractivity contribution in [1.82, 2.24) is 20.2 Å². The molecule has 0 unspecified atom stereocenters. The Morgan fingerprint density at radius 3 is 2.80 bits per heavy atom. The van der Waals surface area contributed by atoms with Crippen LogP contribution in [-0.4, -0.2) is 25.7 Å². The van der Waals surface area contributed by atoms with Crippen molar-refractivity contribution in [2.24, 2.45) is 0 Å². The molecule has 8 heteroatoms. The molecule has 2 aromatic rings. The van der Waals surface area contributed by atoms with Crippen LogP contribution in [-0.2, 0) is 23.1 Å². The number of aromatic nitrogens is 2. The minimum atomic E-state index is -3.51. The van der Waals surface area contributed by atoms with Crippen molar-refractivity contribution >= 4 is 21.4 Å². The molecule has 0 aliphatic carbocycles. The maximum Gasteiger partial charge on any atom is 0.250 e. The first kappa shape index (κ1) is 15.0. The standard InChI is InChI=1S/C12H16N4O2S2/c1-9-6-12(19-11(9)8-13-2)20(17,18)15-7-10-4-3-5-14-16-10/h3-6,13,15H,7-8H2,1-2H3. The van der Waals surface area contributed by atoms with Crippen LogP contribution in [0.2, 0.25) is 0 Å². The molecule has 0 spiro atoms. The number of rotatable bonds is 6. The third-order valence-corrected chi connectivity index (χ3v) is 5.78. The van der Waals surface area contributed by atoms with Gasteiger partial charge >= 0.3 is 0 Å². The second-order valence-electron chi connectivity index (χ2n) is 4.24. The van der Waals surface area contributed by atoms with Gasteiger partial charge < -0.3 is 5.32 Å². The molecule has 0 radical (unpaired) electrons. The summed E-state index contributed by atoms with van der Waals surface area (Å²) in [5, 5.41) is 10.6. The summed E-state index contributed by atoms with van der Waals surface area (Å²) in [6.45, 7) is 2.70. The Kier molecular flexibility index (Phi) is 4.81. The summed E-state index contributed by atoms with van der Waals surface area (Å²) >= 11 is 1.28. The van der Waals surface area contributed by atoms with E-state index in [2.05, 4.69) is 20.2 Å². The van der Waals surface area contributed by atoms with Crippen LogP contribution in [0.3, 0.4) is 0 Å². The number of hydrogen-bond acceptors (Lipinski definition) is 6. The van der Waals surface area contributed by atoms with Crippen LogP contribution < -0.4 is 10.0 Å². The number of nitrogens with one attached hydrogen (secondary N) is 2. The van der Waals surface area contributed by atoms with E-state index >= 15 is 0 Å². The van der Waals surface area contributed by atoms with E-state index in [1.165, 1.54) is 11.3 Å².